The van der Waals surface area contributed by atoms with Crippen molar-refractivity contribution in [1.82, 2.24) is 9.13 Å². The molecule has 0 unspecified atom stereocenters. The lowest BCUT2D eigenvalue weighted by Gasteiger charge is -2.11. The van der Waals surface area contributed by atoms with Gasteiger partial charge in [0.15, 0.2) is 0 Å². The van der Waals surface area contributed by atoms with E-state index >= 15 is 0 Å². The summed E-state index contributed by atoms with van der Waals surface area (Å²) in [6, 6.07) is 8.30. The van der Waals surface area contributed by atoms with E-state index in [9.17, 15) is 14.4 Å². The molecule has 126 valence electrons. The second kappa shape index (κ2) is 6.82. The van der Waals surface area contributed by atoms with Gasteiger partial charge >= 0.3 is 5.69 Å². The Hall–Kier alpha value is -3.36. The summed E-state index contributed by atoms with van der Waals surface area (Å²) >= 11 is 0. The third-order valence-corrected chi connectivity index (χ3v) is 3.38. The number of amides is 1. The average molecular weight is 330 g/mol. The number of hydrazone groups is 1. The lowest BCUT2D eigenvalue weighted by molar-refractivity contribution is -0.116. The fourth-order valence-corrected chi connectivity index (χ4v) is 1.97. The van der Waals surface area contributed by atoms with Crippen LogP contribution in [0.4, 0.5) is 17.2 Å². The van der Waals surface area contributed by atoms with E-state index in [1.807, 2.05) is 0 Å². The molecule has 0 saturated carbocycles. The van der Waals surface area contributed by atoms with E-state index in [0.29, 0.717) is 12.1 Å². The molecular formula is C15H18N6O3. The van der Waals surface area contributed by atoms with E-state index in [1.54, 1.807) is 30.5 Å². The van der Waals surface area contributed by atoms with Gasteiger partial charge in [0.05, 0.1) is 12.1 Å². The average Bonchev–Trinajstić information content (AvgIpc) is 2.98. The van der Waals surface area contributed by atoms with Crippen LogP contribution in [0.1, 0.15) is 6.42 Å². The minimum Gasteiger partial charge on any atom is -0.399 e. The summed E-state index contributed by atoms with van der Waals surface area (Å²) in [5, 5.41) is 5.29. The van der Waals surface area contributed by atoms with E-state index in [4.69, 9.17) is 11.5 Å². The van der Waals surface area contributed by atoms with Crippen molar-refractivity contribution in [3.8, 4) is 0 Å². The van der Waals surface area contributed by atoms with Gasteiger partial charge in [-0.1, -0.05) is 6.07 Å². The van der Waals surface area contributed by atoms with Gasteiger partial charge in [-0.25, -0.2) is 9.80 Å². The molecule has 1 aromatic carbocycles. The van der Waals surface area contributed by atoms with Crippen molar-refractivity contribution in [1.29, 1.82) is 0 Å². The van der Waals surface area contributed by atoms with Crippen LogP contribution in [-0.4, -0.2) is 21.3 Å². The topological polar surface area (TPSA) is 129 Å². The first kappa shape index (κ1) is 17.0. The summed E-state index contributed by atoms with van der Waals surface area (Å²) in [4.78, 5) is 33.2. The molecule has 0 radical (unpaired) electrons. The summed E-state index contributed by atoms with van der Waals surface area (Å²) in [5.74, 6) is 0.156. The quantitative estimate of drug-likeness (QED) is 0.691. The van der Waals surface area contributed by atoms with Crippen LogP contribution in [0, 0.1) is 0 Å². The third kappa shape index (κ3) is 3.51. The number of nitrogen functional groups attached to an aromatic ring is 2. The molecule has 1 amide bonds. The van der Waals surface area contributed by atoms with Crippen LogP contribution >= 0.6 is 0 Å². The summed E-state index contributed by atoms with van der Waals surface area (Å²) in [6.07, 6.45) is 1.96. The summed E-state index contributed by atoms with van der Waals surface area (Å²) in [6.45, 7) is 0. The molecule has 0 fully saturated rings. The van der Waals surface area contributed by atoms with E-state index in [0.717, 1.165) is 10.3 Å². The zero-order valence-electron chi connectivity index (χ0n) is 13.3. The molecule has 2 aromatic rings. The molecule has 0 spiro atoms. The molecule has 0 aliphatic carbocycles. The fourth-order valence-electron chi connectivity index (χ4n) is 1.97. The predicted molar refractivity (Wildman–Crippen MR) is 92.8 cm³/mol. The molecule has 9 heteroatoms. The Labute approximate surface area is 137 Å². The minimum atomic E-state index is -0.407. The summed E-state index contributed by atoms with van der Waals surface area (Å²) < 4.78 is 2.21. The summed E-state index contributed by atoms with van der Waals surface area (Å²) in [5.41, 5.74) is 11.5. The third-order valence-electron chi connectivity index (χ3n) is 3.38. The lowest BCUT2D eigenvalue weighted by atomic mass is 10.3. The number of nitrogens with two attached hydrogens (primary N) is 2. The van der Waals surface area contributed by atoms with E-state index in [1.165, 1.54) is 29.7 Å². The summed E-state index contributed by atoms with van der Waals surface area (Å²) in [7, 11) is 2.92. The first-order valence-electron chi connectivity index (χ1n) is 7.04. The molecule has 4 N–H and O–H groups in total. The SMILES string of the molecule is Cn1c(N)cc(=O)n(C)c1=O.Nc1cccc(N2N=CCC2=O)c1. The maximum Gasteiger partial charge on any atom is 0.332 e. The number of nitrogens with zero attached hydrogens (tertiary/aromatic N) is 4. The van der Waals surface area contributed by atoms with Crippen LogP contribution in [-0.2, 0) is 18.9 Å². The molecule has 2 heterocycles. The number of carbonyl (C=O) groups is 1. The van der Waals surface area contributed by atoms with Gasteiger partial charge in [0.25, 0.3) is 11.5 Å². The number of rotatable bonds is 1. The van der Waals surface area contributed by atoms with Gasteiger partial charge in [-0.2, -0.15) is 5.10 Å². The molecule has 1 aliphatic heterocycles. The van der Waals surface area contributed by atoms with Crippen LogP contribution in [0.3, 0.4) is 0 Å². The van der Waals surface area contributed by atoms with E-state index < -0.39 is 5.69 Å². The second-order valence-corrected chi connectivity index (χ2v) is 5.11. The lowest BCUT2D eigenvalue weighted by Crippen LogP contribution is -2.37. The van der Waals surface area contributed by atoms with Crippen molar-refractivity contribution < 1.29 is 4.79 Å². The highest BCUT2D eigenvalue weighted by atomic mass is 16.2. The van der Waals surface area contributed by atoms with Crippen molar-refractivity contribution in [3.63, 3.8) is 0 Å². The first-order valence-corrected chi connectivity index (χ1v) is 7.04. The van der Waals surface area contributed by atoms with Crippen LogP contribution in [0.25, 0.3) is 0 Å². The second-order valence-electron chi connectivity index (χ2n) is 5.11. The van der Waals surface area contributed by atoms with Crippen LogP contribution in [0.5, 0.6) is 0 Å². The molecule has 1 aromatic heterocycles. The Morgan fingerprint density at radius 2 is 1.75 bits per heavy atom. The Morgan fingerprint density at radius 1 is 1.04 bits per heavy atom. The number of aromatic nitrogens is 2. The highest BCUT2D eigenvalue weighted by molar-refractivity contribution is 6.05. The van der Waals surface area contributed by atoms with E-state index in [-0.39, 0.29) is 17.3 Å². The molecule has 1 aliphatic rings. The molecule has 0 atom stereocenters. The zero-order valence-corrected chi connectivity index (χ0v) is 13.3. The molecule has 3 rings (SSSR count). The van der Waals surface area contributed by atoms with Gasteiger partial charge in [-0.3, -0.25) is 18.7 Å². The van der Waals surface area contributed by atoms with Crippen molar-refractivity contribution in [2.75, 3.05) is 16.5 Å². The molecule has 24 heavy (non-hydrogen) atoms. The van der Waals surface area contributed by atoms with Crippen molar-refractivity contribution >= 4 is 29.3 Å². The molecule has 0 bridgehead atoms. The van der Waals surface area contributed by atoms with Gasteiger partial charge in [0.2, 0.25) is 0 Å². The first-order chi connectivity index (χ1) is 11.3. The van der Waals surface area contributed by atoms with Crippen LogP contribution in [0.2, 0.25) is 0 Å². The van der Waals surface area contributed by atoms with Gasteiger partial charge in [0, 0.05) is 32.1 Å². The standard InChI is InChI=1S/C9H9N3O.C6H9N3O2/c10-7-2-1-3-8(6-7)12-9(13)4-5-11-12;1-8-4(7)3-5(10)9(2)6(8)11/h1-3,5-6H,4,10H2;3H,7H2,1-2H3. The van der Waals surface area contributed by atoms with Gasteiger partial charge in [0.1, 0.15) is 5.82 Å². The Bertz CT molecular complexity index is 912. The number of anilines is 3. The Kier molecular flexibility index (Phi) is 4.83. The monoisotopic (exact) mass is 330 g/mol. The number of hydrogen-bond donors (Lipinski definition) is 2. The number of carbonyl (C=O) groups excluding carboxylic acids is 1. The molecule has 0 saturated heterocycles. The van der Waals surface area contributed by atoms with Gasteiger partial charge < -0.3 is 11.5 Å². The molecular weight excluding hydrogens is 312 g/mol. The normalized spacial score (nSPS) is 12.9. The van der Waals surface area contributed by atoms with Crippen molar-refractivity contribution in [2.24, 2.45) is 19.2 Å². The van der Waals surface area contributed by atoms with Gasteiger partial charge in [-0.05, 0) is 18.2 Å². The Morgan fingerprint density at radius 3 is 2.33 bits per heavy atom. The van der Waals surface area contributed by atoms with Crippen molar-refractivity contribution in [3.05, 3.63) is 51.2 Å². The van der Waals surface area contributed by atoms with Crippen molar-refractivity contribution in [2.45, 2.75) is 6.42 Å². The minimum absolute atomic E-state index is 0.0226. The van der Waals surface area contributed by atoms with Crippen LogP contribution in [0.15, 0.2) is 45.0 Å². The maximum atomic E-state index is 11.2. The number of benzene rings is 1. The maximum absolute atomic E-state index is 11.2. The molecule has 9 nitrogen and oxygen atoms in total. The van der Waals surface area contributed by atoms with E-state index in [2.05, 4.69) is 5.10 Å². The largest absolute Gasteiger partial charge is 0.399 e. The smallest absolute Gasteiger partial charge is 0.332 e. The highest BCUT2D eigenvalue weighted by Gasteiger charge is 2.18. The predicted octanol–water partition coefficient (Wildman–Crippen LogP) is -0.342. The van der Waals surface area contributed by atoms with Crippen LogP contribution < -0.4 is 27.7 Å². The fraction of sp³-hybridized carbons (Fsp3) is 0.200. The zero-order chi connectivity index (χ0) is 17.9. The number of hydrogen-bond acceptors (Lipinski definition) is 6. The highest BCUT2D eigenvalue weighted by Crippen LogP contribution is 2.20. The van der Waals surface area contributed by atoms with Gasteiger partial charge in [-0.15, -0.1) is 0 Å². The Balaban J connectivity index is 0.000000177.